The number of hydrogen-bond donors (Lipinski definition) is 0. The van der Waals surface area contributed by atoms with Crippen molar-refractivity contribution in [3.05, 3.63) is 11.8 Å². The average Bonchev–Trinajstić information content (AvgIpc) is 2.17. The number of carbonyl (C=O) groups excluding carboxylic acids is 1. The number of rotatable bonds is 2. The van der Waals surface area contributed by atoms with E-state index in [4.69, 9.17) is 4.74 Å². The molecule has 0 aromatic carbocycles. The van der Waals surface area contributed by atoms with E-state index >= 15 is 0 Å². The van der Waals surface area contributed by atoms with Crippen LogP contribution in [0.2, 0.25) is 0 Å². The minimum Gasteiger partial charge on any atom is -0.497 e. The van der Waals surface area contributed by atoms with Crippen LogP contribution in [0.3, 0.4) is 0 Å². The van der Waals surface area contributed by atoms with Crippen LogP contribution in [0.25, 0.3) is 0 Å². The maximum absolute atomic E-state index is 10.5. The first-order chi connectivity index (χ1) is 4.33. The number of hydrogen-bond acceptors (Lipinski definition) is 3. The maximum Gasteiger partial charge on any atom is 0.215 e. The van der Waals surface area contributed by atoms with Crippen molar-refractivity contribution in [1.29, 1.82) is 0 Å². The van der Waals surface area contributed by atoms with Gasteiger partial charge in [-0.05, 0) is 6.92 Å². The summed E-state index contributed by atoms with van der Waals surface area (Å²) < 4.78 is 5.09. The van der Waals surface area contributed by atoms with Gasteiger partial charge in [-0.2, -0.15) is 0 Å². The first-order valence-electron chi connectivity index (χ1n) is 2.83. The summed E-state index contributed by atoms with van der Waals surface area (Å²) in [5.74, 6) is 1.53. The van der Waals surface area contributed by atoms with Crippen LogP contribution in [0.5, 0.6) is 0 Å². The van der Waals surface area contributed by atoms with E-state index < -0.39 is 0 Å². The molecule has 50 valence electrons. The molecule has 0 spiro atoms. The Balaban J connectivity index is 2.42. The second kappa shape index (κ2) is 2.92. The molecule has 1 aliphatic heterocycles. The lowest BCUT2D eigenvalue weighted by molar-refractivity contribution is -0.107. The number of thioether (sulfide) groups is 1. The zero-order valence-corrected chi connectivity index (χ0v) is 6.03. The molecule has 0 N–H and O–H groups in total. The highest BCUT2D eigenvalue weighted by Crippen LogP contribution is 2.18. The van der Waals surface area contributed by atoms with Crippen molar-refractivity contribution in [3.8, 4) is 0 Å². The second-order valence-electron chi connectivity index (χ2n) is 1.65. The van der Waals surface area contributed by atoms with Gasteiger partial charge in [-0.25, -0.2) is 0 Å². The quantitative estimate of drug-likeness (QED) is 0.582. The molecule has 0 aromatic rings. The molecule has 0 amide bonds. The Morgan fingerprint density at radius 3 is 3.11 bits per heavy atom. The Kier molecular flexibility index (Phi) is 2.16. The largest absolute Gasteiger partial charge is 0.497 e. The Labute approximate surface area is 58.3 Å². The van der Waals surface area contributed by atoms with Crippen molar-refractivity contribution < 1.29 is 9.53 Å². The fourth-order valence-electron chi connectivity index (χ4n) is 0.626. The van der Waals surface area contributed by atoms with Gasteiger partial charge in [0.05, 0.1) is 12.4 Å². The van der Waals surface area contributed by atoms with Gasteiger partial charge >= 0.3 is 0 Å². The van der Waals surface area contributed by atoms with E-state index in [9.17, 15) is 4.79 Å². The molecule has 0 saturated heterocycles. The number of carbonyl (C=O) groups is 1. The third kappa shape index (κ3) is 1.75. The summed E-state index contributed by atoms with van der Waals surface area (Å²) in [5.41, 5.74) is 0. The molecule has 2 nitrogen and oxygen atoms in total. The Morgan fingerprint density at radius 1 is 1.89 bits per heavy atom. The molecule has 0 aliphatic carbocycles. The Hall–Kier alpha value is -0.440. The van der Waals surface area contributed by atoms with Gasteiger partial charge in [-0.3, -0.25) is 4.79 Å². The lowest BCUT2D eigenvalue weighted by Gasteiger charge is -1.98. The third-order valence-corrected chi connectivity index (χ3v) is 1.80. The van der Waals surface area contributed by atoms with Crippen LogP contribution in [0.1, 0.15) is 6.92 Å². The zero-order valence-electron chi connectivity index (χ0n) is 5.22. The molecular formula is C6H8O2S. The van der Waals surface area contributed by atoms with Crippen LogP contribution in [0.4, 0.5) is 0 Å². The van der Waals surface area contributed by atoms with Crippen LogP contribution in [-0.2, 0) is 9.53 Å². The molecule has 0 radical (unpaired) electrons. The zero-order chi connectivity index (χ0) is 6.69. The predicted molar refractivity (Wildman–Crippen MR) is 37.2 cm³/mol. The third-order valence-electron chi connectivity index (χ3n) is 0.965. The molecule has 0 atom stereocenters. The minimum absolute atomic E-state index is 0.110. The topological polar surface area (TPSA) is 26.3 Å². The van der Waals surface area contributed by atoms with Crippen molar-refractivity contribution in [2.24, 2.45) is 0 Å². The van der Waals surface area contributed by atoms with E-state index in [1.165, 1.54) is 11.8 Å². The first-order valence-corrected chi connectivity index (χ1v) is 3.81. The molecule has 0 aromatic heterocycles. The Bertz CT molecular complexity index is 151. The summed E-state index contributed by atoms with van der Waals surface area (Å²) in [5, 5.41) is 0.110. The van der Waals surface area contributed by atoms with Crippen molar-refractivity contribution in [2.45, 2.75) is 6.92 Å². The molecule has 0 saturated carbocycles. The monoisotopic (exact) mass is 144 g/mol. The molecule has 3 heteroatoms. The molecule has 0 fully saturated rings. The van der Waals surface area contributed by atoms with Gasteiger partial charge < -0.3 is 4.74 Å². The standard InChI is InChI=1S/C6H8O2S/c1-2-8-5-3-6(7)9-4-5/h3H,2,4H2,1H3. The summed E-state index contributed by atoms with van der Waals surface area (Å²) >= 11 is 1.29. The molecule has 0 unspecified atom stereocenters. The second-order valence-corrected chi connectivity index (χ2v) is 2.63. The highest BCUT2D eigenvalue weighted by molar-refractivity contribution is 8.14. The highest BCUT2D eigenvalue weighted by Gasteiger charge is 2.12. The maximum atomic E-state index is 10.5. The fraction of sp³-hybridized carbons (Fsp3) is 0.500. The lowest BCUT2D eigenvalue weighted by Crippen LogP contribution is -1.89. The summed E-state index contributed by atoms with van der Waals surface area (Å²) in [7, 11) is 0. The summed E-state index contributed by atoms with van der Waals surface area (Å²) in [6.45, 7) is 2.56. The van der Waals surface area contributed by atoms with Crippen molar-refractivity contribution in [2.75, 3.05) is 12.4 Å². The van der Waals surface area contributed by atoms with E-state index in [0.717, 1.165) is 5.76 Å². The van der Waals surface area contributed by atoms with Crippen LogP contribution in [-0.4, -0.2) is 17.5 Å². The van der Waals surface area contributed by atoms with Gasteiger partial charge in [0.25, 0.3) is 0 Å². The molecule has 1 rings (SSSR count). The lowest BCUT2D eigenvalue weighted by atomic mass is 10.5. The highest BCUT2D eigenvalue weighted by atomic mass is 32.2. The fourth-order valence-corrected chi connectivity index (χ4v) is 1.29. The molecule has 0 bridgehead atoms. The molecular weight excluding hydrogens is 136 g/mol. The van der Waals surface area contributed by atoms with Crippen molar-refractivity contribution in [1.82, 2.24) is 0 Å². The normalized spacial score (nSPS) is 17.9. The summed E-state index contributed by atoms with van der Waals surface area (Å²) in [6, 6.07) is 0. The van der Waals surface area contributed by atoms with Crippen molar-refractivity contribution >= 4 is 16.9 Å². The van der Waals surface area contributed by atoms with Gasteiger partial charge in [0, 0.05) is 6.08 Å². The SMILES string of the molecule is CCOC1=CC(=O)SC1. The van der Waals surface area contributed by atoms with E-state index in [1.54, 1.807) is 6.08 Å². The molecule has 1 heterocycles. The van der Waals surface area contributed by atoms with Crippen LogP contribution in [0.15, 0.2) is 11.8 Å². The van der Waals surface area contributed by atoms with Crippen LogP contribution < -0.4 is 0 Å². The number of ether oxygens (including phenoxy) is 1. The minimum atomic E-state index is 0.110. The van der Waals surface area contributed by atoms with E-state index in [0.29, 0.717) is 12.4 Å². The van der Waals surface area contributed by atoms with Gasteiger partial charge in [0.1, 0.15) is 5.76 Å². The van der Waals surface area contributed by atoms with Gasteiger partial charge in [0.2, 0.25) is 5.12 Å². The van der Waals surface area contributed by atoms with E-state index in [1.807, 2.05) is 6.92 Å². The average molecular weight is 144 g/mol. The van der Waals surface area contributed by atoms with E-state index in [2.05, 4.69) is 0 Å². The predicted octanol–water partition coefficient (Wildman–Crippen LogP) is 1.18. The first kappa shape index (κ1) is 6.68. The van der Waals surface area contributed by atoms with Crippen LogP contribution >= 0.6 is 11.8 Å². The molecule has 9 heavy (non-hydrogen) atoms. The Morgan fingerprint density at radius 2 is 2.67 bits per heavy atom. The van der Waals surface area contributed by atoms with Gasteiger partial charge in [0.15, 0.2) is 0 Å². The van der Waals surface area contributed by atoms with Crippen molar-refractivity contribution in [3.63, 3.8) is 0 Å². The van der Waals surface area contributed by atoms with Gasteiger partial charge in [-0.1, -0.05) is 11.8 Å². The molecule has 1 aliphatic rings. The smallest absolute Gasteiger partial charge is 0.215 e. The summed E-state index contributed by atoms with van der Waals surface area (Å²) in [4.78, 5) is 10.5. The van der Waals surface area contributed by atoms with Crippen LogP contribution in [0, 0.1) is 0 Å². The van der Waals surface area contributed by atoms with E-state index in [-0.39, 0.29) is 5.12 Å². The summed E-state index contributed by atoms with van der Waals surface area (Å²) in [6.07, 6.45) is 1.55. The van der Waals surface area contributed by atoms with Gasteiger partial charge in [-0.15, -0.1) is 0 Å².